The Morgan fingerprint density at radius 1 is 1.47 bits per heavy atom. The van der Waals surface area contributed by atoms with Crippen LogP contribution >= 0.6 is 0 Å². The number of halogens is 2. The van der Waals surface area contributed by atoms with Gasteiger partial charge in [-0.05, 0) is 5.92 Å². The molecular weight excluding hydrogens is 232 g/mol. The van der Waals surface area contributed by atoms with Gasteiger partial charge in [0, 0.05) is 13.1 Å². The van der Waals surface area contributed by atoms with Crippen molar-refractivity contribution >= 4 is 16.0 Å². The smallest absolute Gasteiger partial charge is 0.350 e. The number of carboxylic acids is 1. The summed E-state index contributed by atoms with van der Waals surface area (Å²) in [4.78, 5) is 10.6. The van der Waals surface area contributed by atoms with E-state index in [9.17, 15) is 22.0 Å². The summed E-state index contributed by atoms with van der Waals surface area (Å²) in [7, 11) is -4.64. The fraction of sp³-hybridized carbons (Fsp3) is 0.857. The van der Waals surface area contributed by atoms with E-state index >= 15 is 0 Å². The Labute approximate surface area is 85.7 Å². The molecule has 0 aromatic carbocycles. The number of sulfonamides is 1. The Morgan fingerprint density at radius 3 is 2.33 bits per heavy atom. The first-order chi connectivity index (χ1) is 6.76. The van der Waals surface area contributed by atoms with Gasteiger partial charge in [-0.2, -0.15) is 13.1 Å². The monoisotopic (exact) mass is 243 g/mol. The van der Waals surface area contributed by atoms with Gasteiger partial charge in [0.1, 0.15) is 0 Å². The average Bonchev–Trinajstić information content (AvgIpc) is 2.47. The van der Waals surface area contributed by atoms with Crippen molar-refractivity contribution in [3.8, 4) is 0 Å². The minimum Gasteiger partial charge on any atom is -0.481 e. The fourth-order valence-corrected chi connectivity index (χ4v) is 2.60. The second kappa shape index (κ2) is 4.01. The van der Waals surface area contributed by atoms with E-state index in [0.29, 0.717) is 4.31 Å². The van der Waals surface area contributed by atoms with Crippen LogP contribution in [0.25, 0.3) is 0 Å². The molecule has 1 heterocycles. The molecule has 8 heteroatoms. The summed E-state index contributed by atoms with van der Waals surface area (Å²) in [6.45, 7) is 0.993. The highest BCUT2D eigenvalue weighted by Gasteiger charge is 2.43. The fourth-order valence-electron chi connectivity index (χ4n) is 1.56. The molecule has 0 saturated carbocycles. The first-order valence-corrected chi connectivity index (χ1v) is 5.77. The van der Waals surface area contributed by atoms with Crippen LogP contribution in [-0.4, -0.2) is 42.6 Å². The van der Waals surface area contributed by atoms with E-state index in [0.717, 1.165) is 0 Å². The predicted octanol–water partition coefficient (Wildman–Crippen LogP) is 0.191. The number of hydrogen-bond acceptors (Lipinski definition) is 3. The van der Waals surface area contributed by atoms with Crippen molar-refractivity contribution in [2.45, 2.75) is 12.7 Å². The summed E-state index contributed by atoms with van der Waals surface area (Å²) >= 11 is 0. The number of hydrogen-bond donors (Lipinski definition) is 1. The summed E-state index contributed by atoms with van der Waals surface area (Å²) in [5, 5.41) is 8.70. The molecule has 1 saturated heterocycles. The molecule has 15 heavy (non-hydrogen) atoms. The maximum Gasteiger partial charge on any atom is 0.350 e. The third-order valence-electron chi connectivity index (χ3n) is 2.48. The van der Waals surface area contributed by atoms with E-state index in [1.54, 1.807) is 0 Å². The molecule has 1 N–H and O–H groups in total. The molecule has 5 nitrogen and oxygen atoms in total. The molecule has 1 aliphatic rings. The molecule has 0 bridgehead atoms. The number of carboxylic acid groups (broad SMARTS) is 1. The number of carbonyl (C=O) groups is 1. The molecule has 0 spiro atoms. The molecule has 1 fully saturated rings. The number of rotatable bonds is 3. The van der Waals surface area contributed by atoms with E-state index in [1.165, 1.54) is 6.92 Å². The van der Waals surface area contributed by atoms with Gasteiger partial charge in [-0.3, -0.25) is 4.79 Å². The topological polar surface area (TPSA) is 74.7 Å². The van der Waals surface area contributed by atoms with E-state index in [2.05, 4.69) is 0 Å². The van der Waals surface area contributed by atoms with Crippen LogP contribution in [0.2, 0.25) is 0 Å². The SMILES string of the molecule is C[C@@H]1CN(S(=O)(=O)C(F)F)C[C@H]1C(=O)O. The maximum atomic E-state index is 12.1. The third kappa shape index (κ3) is 2.25. The Hall–Kier alpha value is -0.760. The largest absolute Gasteiger partial charge is 0.481 e. The van der Waals surface area contributed by atoms with Gasteiger partial charge >= 0.3 is 11.7 Å². The Morgan fingerprint density at radius 2 is 2.00 bits per heavy atom. The van der Waals surface area contributed by atoms with Crippen molar-refractivity contribution in [2.24, 2.45) is 11.8 Å². The maximum absolute atomic E-state index is 12.1. The highest BCUT2D eigenvalue weighted by atomic mass is 32.2. The molecule has 2 atom stereocenters. The minimum absolute atomic E-state index is 0.163. The summed E-state index contributed by atoms with van der Waals surface area (Å²) in [5.74, 6) is -6.00. The standard InChI is InChI=1S/C7H11F2NO4S/c1-4-2-10(3-5(4)6(11)12)15(13,14)7(8)9/h4-5,7H,2-3H2,1H3,(H,11,12)/t4-,5-/m1/s1. The normalized spacial score (nSPS) is 28.5. The molecular formula is C7H11F2NO4S. The van der Waals surface area contributed by atoms with Crippen LogP contribution in [0.3, 0.4) is 0 Å². The van der Waals surface area contributed by atoms with Gasteiger partial charge in [-0.15, -0.1) is 0 Å². The zero-order valence-corrected chi connectivity index (χ0v) is 8.75. The molecule has 0 aromatic heterocycles. The van der Waals surface area contributed by atoms with E-state index < -0.39 is 33.6 Å². The summed E-state index contributed by atoms with van der Waals surface area (Å²) in [5.41, 5.74) is 0. The Kier molecular flexibility index (Phi) is 3.29. The van der Waals surface area contributed by atoms with Crippen LogP contribution < -0.4 is 0 Å². The van der Waals surface area contributed by atoms with Crippen molar-refractivity contribution < 1.29 is 27.1 Å². The zero-order chi connectivity index (χ0) is 11.8. The summed E-state index contributed by atoms with van der Waals surface area (Å²) in [6.07, 6.45) is 0. The second-order valence-electron chi connectivity index (χ2n) is 3.54. The van der Waals surface area contributed by atoms with Crippen molar-refractivity contribution in [3.63, 3.8) is 0 Å². The molecule has 0 aromatic rings. The minimum atomic E-state index is -4.64. The van der Waals surface area contributed by atoms with Gasteiger partial charge in [0.15, 0.2) is 0 Å². The number of alkyl halides is 2. The van der Waals surface area contributed by atoms with Gasteiger partial charge in [0.05, 0.1) is 5.92 Å². The van der Waals surface area contributed by atoms with Gasteiger partial charge < -0.3 is 5.11 Å². The summed E-state index contributed by atoms with van der Waals surface area (Å²) in [6, 6.07) is 0. The molecule has 88 valence electrons. The first-order valence-electron chi connectivity index (χ1n) is 4.26. The van der Waals surface area contributed by atoms with Crippen LogP contribution in [-0.2, 0) is 14.8 Å². The highest BCUT2D eigenvalue weighted by Crippen LogP contribution is 2.27. The second-order valence-corrected chi connectivity index (χ2v) is 5.45. The molecule has 1 rings (SSSR count). The quantitative estimate of drug-likeness (QED) is 0.768. The predicted molar refractivity (Wildman–Crippen MR) is 46.8 cm³/mol. The Balaban J connectivity index is 2.83. The lowest BCUT2D eigenvalue weighted by Gasteiger charge is -2.14. The average molecular weight is 243 g/mol. The van der Waals surface area contributed by atoms with Gasteiger partial charge in [0.2, 0.25) is 0 Å². The first kappa shape index (κ1) is 12.3. The van der Waals surface area contributed by atoms with Gasteiger partial charge in [0.25, 0.3) is 10.0 Å². The lowest BCUT2D eigenvalue weighted by atomic mass is 9.99. The van der Waals surface area contributed by atoms with Crippen LogP contribution in [0.15, 0.2) is 0 Å². The van der Waals surface area contributed by atoms with E-state index in [-0.39, 0.29) is 13.1 Å². The lowest BCUT2D eigenvalue weighted by Crippen LogP contribution is -2.34. The summed E-state index contributed by atoms with van der Waals surface area (Å²) < 4.78 is 46.9. The van der Waals surface area contributed by atoms with Gasteiger partial charge in [-0.1, -0.05) is 6.92 Å². The van der Waals surface area contributed by atoms with Crippen molar-refractivity contribution in [3.05, 3.63) is 0 Å². The van der Waals surface area contributed by atoms with Crippen molar-refractivity contribution in [1.29, 1.82) is 0 Å². The van der Waals surface area contributed by atoms with E-state index in [1.807, 2.05) is 0 Å². The van der Waals surface area contributed by atoms with Crippen LogP contribution in [0, 0.1) is 11.8 Å². The molecule has 0 amide bonds. The van der Waals surface area contributed by atoms with Crippen LogP contribution in [0.4, 0.5) is 8.78 Å². The van der Waals surface area contributed by atoms with Crippen LogP contribution in [0.1, 0.15) is 6.92 Å². The Bertz CT molecular complexity index is 356. The number of nitrogens with zero attached hydrogens (tertiary/aromatic N) is 1. The van der Waals surface area contributed by atoms with Gasteiger partial charge in [-0.25, -0.2) is 8.42 Å². The zero-order valence-electron chi connectivity index (χ0n) is 7.93. The molecule has 1 aliphatic heterocycles. The van der Waals surface area contributed by atoms with Crippen LogP contribution in [0.5, 0.6) is 0 Å². The molecule has 0 aliphatic carbocycles. The lowest BCUT2D eigenvalue weighted by molar-refractivity contribution is -0.142. The highest BCUT2D eigenvalue weighted by molar-refractivity contribution is 7.89. The van der Waals surface area contributed by atoms with E-state index in [4.69, 9.17) is 5.11 Å². The number of aliphatic carboxylic acids is 1. The van der Waals surface area contributed by atoms with Crippen molar-refractivity contribution in [2.75, 3.05) is 13.1 Å². The third-order valence-corrected chi connectivity index (χ3v) is 3.95. The molecule has 0 radical (unpaired) electrons. The van der Waals surface area contributed by atoms with Crippen molar-refractivity contribution in [1.82, 2.24) is 4.31 Å². The molecule has 0 unspecified atom stereocenters.